The van der Waals surface area contributed by atoms with Crippen LogP contribution in [0.25, 0.3) is 10.9 Å². The lowest BCUT2D eigenvalue weighted by Crippen LogP contribution is -2.45. The van der Waals surface area contributed by atoms with Crippen LogP contribution in [0.2, 0.25) is 18.1 Å². The van der Waals surface area contributed by atoms with E-state index in [-0.39, 0.29) is 35.0 Å². The minimum atomic E-state index is -2.03. The van der Waals surface area contributed by atoms with Crippen LogP contribution in [0.5, 0.6) is 0 Å². The van der Waals surface area contributed by atoms with E-state index >= 15 is 0 Å². The molecule has 3 atom stereocenters. The summed E-state index contributed by atoms with van der Waals surface area (Å²) in [6.45, 7) is 17.5. The number of rotatable bonds is 5. The van der Waals surface area contributed by atoms with E-state index in [0.29, 0.717) is 19.5 Å². The number of hydrogen-bond donors (Lipinski definition) is 2. The number of amides is 1. The summed E-state index contributed by atoms with van der Waals surface area (Å²) in [7, 11) is -2.03. The second kappa shape index (κ2) is 9.04. The van der Waals surface area contributed by atoms with Crippen molar-refractivity contribution in [1.82, 2.24) is 9.88 Å². The molecule has 3 rings (SSSR count). The van der Waals surface area contributed by atoms with E-state index in [9.17, 15) is 9.18 Å². The average Bonchev–Trinajstić information content (AvgIpc) is 3.24. The topological polar surface area (TPSA) is 80.6 Å². The van der Waals surface area contributed by atoms with Crippen molar-refractivity contribution >= 4 is 25.3 Å². The molecular formula is C25H40FN3O3Si. The number of H-pyrrole nitrogens is 1. The van der Waals surface area contributed by atoms with Gasteiger partial charge in [0.2, 0.25) is 0 Å². The van der Waals surface area contributed by atoms with Crippen LogP contribution < -0.4 is 5.73 Å². The standard InChI is InChI=1S/C25H40FN3O3Si/c1-24(2,3)31-23(30)29-15-17(32-33(7,8)25(4,5)6)12-22(29)19(13-27)20-14-28-21-11-16(26)9-10-18(20)21/h9-11,14,17,19,22,28H,12-13,15,27H2,1-8H3/t17-,19?,22+/m1/s1. The summed E-state index contributed by atoms with van der Waals surface area (Å²) in [6, 6.07) is 4.53. The molecule has 1 aromatic carbocycles. The van der Waals surface area contributed by atoms with Crippen LogP contribution in [0, 0.1) is 5.82 Å². The van der Waals surface area contributed by atoms with Crippen LogP contribution in [0.15, 0.2) is 24.4 Å². The zero-order chi connectivity index (χ0) is 24.8. The van der Waals surface area contributed by atoms with Gasteiger partial charge in [0.15, 0.2) is 8.32 Å². The van der Waals surface area contributed by atoms with Gasteiger partial charge < -0.3 is 24.8 Å². The monoisotopic (exact) mass is 477 g/mol. The fourth-order valence-corrected chi connectivity index (χ4v) is 5.69. The van der Waals surface area contributed by atoms with Gasteiger partial charge >= 0.3 is 6.09 Å². The van der Waals surface area contributed by atoms with Crippen LogP contribution in [0.1, 0.15) is 59.4 Å². The van der Waals surface area contributed by atoms with Gasteiger partial charge in [-0.2, -0.15) is 0 Å². The third kappa shape index (κ3) is 5.61. The number of nitrogens with one attached hydrogen (secondary N) is 1. The van der Waals surface area contributed by atoms with Crippen molar-refractivity contribution in [3.8, 4) is 0 Å². The van der Waals surface area contributed by atoms with Crippen molar-refractivity contribution < 1.29 is 18.3 Å². The Morgan fingerprint density at radius 3 is 2.52 bits per heavy atom. The van der Waals surface area contributed by atoms with E-state index in [4.69, 9.17) is 14.9 Å². The number of hydrogen-bond acceptors (Lipinski definition) is 4. The lowest BCUT2D eigenvalue weighted by molar-refractivity contribution is 0.0193. The summed E-state index contributed by atoms with van der Waals surface area (Å²) in [5.74, 6) is -0.427. The third-order valence-electron chi connectivity index (χ3n) is 6.99. The molecule has 0 bridgehead atoms. The predicted octanol–water partition coefficient (Wildman–Crippen LogP) is 5.75. The quantitative estimate of drug-likeness (QED) is 0.537. The molecular weight excluding hydrogens is 437 g/mol. The van der Waals surface area contributed by atoms with Crippen LogP contribution in [-0.4, -0.2) is 55.1 Å². The Labute approximate surface area is 198 Å². The zero-order valence-electron chi connectivity index (χ0n) is 21.3. The first-order chi connectivity index (χ1) is 15.1. The molecule has 1 aliphatic heterocycles. The Bertz CT molecular complexity index is 993. The van der Waals surface area contributed by atoms with Gasteiger partial charge in [0, 0.05) is 42.1 Å². The number of ether oxygens (including phenoxy) is 1. The number of carbonyl (C=O) groups excluding carboxylic acids is 1. The lowest BCUT2D eigenvalue weighted by atomic mass is 9.89. The Hall–Kier alpha value is -1.90. The highest BCUT2D eigenvalue weighted by Gasteiger charge is 2.46. The van der Waals surface area contributed by atoms with Crippen LogP contribution in [0.3, 0.4) is 0 Å². The Morgan fingerprint density at radius 2 is 1.94 bits per heavy atom. The molecule has 1 fully saturated rings. The normalized spacial score (nSPS) is 21.0. The van der Waals surface area contributed by atoms with E-state index in [1.54, 1.807) is 11.0 Å². The highest BCUT2D eigenvalue weighted by Crippen LogP contribution is 2.41. The van der Waals surface area contributed by atoms with Crippen molar-refractivity contribution in [2.75, 3.05) is 13.1 Å². The second-order valence-electron chi connectivity index (χ2n) is 11.7. The first-order valence-corrected chi connectivity index (χ1v) is 14.7. The molecule has 184 valence electrons. The summed E-state index contributed by atoms with van der Waals surface area (Å²) in [6.07, 6.45) is 2.14. The van der Waals surface area contributed by atoms with Gasteiger partial charge in [0.25, 0.3) is 0 Å². The van der Waals surface area contributed by atoms with Crippen molar-refractivity contribution in [2.24, 2.45) is 5.73 Å². The third-order valence-corrected chi connectivity index (χ3v) is 11.5. The lowest BCUT2D eigenvalue weighted by Gasteiger charge is -2.38. The van der Waals surface area contributed by atoms with E-state index in [0.717, 1.165) is 16.5 Å². The predicted molar refractivity (Wildman–Crippen MR) is 133 cm³/mol. The molecule has 3 N–H and O–H groups in total. The Kier molecular flexibility index (Phi) is 7.04. The molecule has 1 saturated heterocycles. The Balaban J connectivity index is 1.95. The summed E-state index contributed by atoms with van der Waals surface area (Å²) in [5.41, 5.74) is 7.40. The molecule has 1 unspecified atom stereocenters. The molecule has 33 heavy (non-hydrogen) atoms. The minimum absolute atomic E-state index is 0.0655. The number of halogens is 1. The molecule has 2 heterocycles. The molecule has 2 aromatic rings. The number of aromatic nitrogens is 1. The fourth-order valence-electron chi connectivity index (χ4n) is 4.34. The fraction of sp³-hybridized carbons (Fsp3) is 0.640. The van der Waals surface area contributed by atoms with Crippen LogP contribution in [-0.2, 0) is 9.16 Å². The van der Waals surface area contributed by atoms with Gasteiger partial charge in [-0.3, -0.25) is 0 Å². The highest BCUT2D eigenvalue weighted by molar-refractivity contribution is 6.74. The van der Waals surface area contributed by atoms with E-state index < -0.39 is 13.9 Å². The SMILES string of the molecule is CC(C)(C)OC(=O)N1C[C@H](O[Si](C)(C)C(C)(C)C)C[C@H]1C(CN)c1c[nH]c2cc(F)ccc12. The largest absolute Gasteiger partial charge is 0.444 e. The first kappa shape index (κ1) is 25.7. The van der Waals surface area contributed by atoms with Crippen molar-refractivity contribution in [1.29, 1.82) is 0 Å². The van der Waals surface area contributed by atoms with E-state index in [1.165, 1.54) is 12.1 Å². The second-order valence-corrected chi connectivity index (χ2v) is 16.5. The van der Waals surface area contributed by atoms with Crippen molar-refractivity contribution in [3.63, 3.8) is 0 Å². The molecule has 0 spiro atoms. The maximum atomic E-state index is 13.7. The van der Waals surface area contributed by atoms with Gasteiger partial charge in [-0.05, 0) is 69.1 Å². The molecule has 6 nitrogen and oxygen atoms in total. The molecule has 0 saturated carbocycles. The van der Waals surface area contributed by atoms with E-state index in [2.05, 4.69) is 38.8 Å². The summed E-state index contributed by atoms with van der Waals surface area (Å²) >= 11 is 0. The van der Waals surface area contributed by atoms with Gasteiger partial charge in [-0.15, -0.1) is 0 Å². The number of nitrogens with two attached hydrogens (primary N) is 1. The smallest absolute Gasteiger partial charge is 0.410 e. The molecule has 8 heteroatoms. The maximum absolute atomic E-state index is 13.7. The first-order valence-electron chi connectivity index (χ1n) is 11.8. The molecule has 0 aliphatic carbocycles. The summed E-state index contributed by atoms with van der Waals surface area (Å²) in [4.78, 5) is 18.2. The van der Waals surface area contributed by atoms with Gasteiger partial charge in [0.1, 0.15) is 11.4 Å². The Morgan fingerprint density at radius 1 is 1.27 bits per heavy atom. The van der Waals surface area contributed by atoms with Gasteiger partial charge in [-0.25, -0.2) is 9.18 Å². The number of nitrogens with zero attached hydrogens (tertiary/aromatic N) is 1. The minimum Gasteiger partial charge on any atom is -0.444 e. The van der Waals surface area contributed by atoms with Crippen molar-refractivity contribution in [2.45, 2.75) is 89.8 Å². The molecule has 1 aromatic heterocycles. The summed E-state index contributed by atoms with van der Waals surface area (Å²) in [5, 5.41) is 0.987. The summed E-state index contributed by atoms with van der Waals surface area (Å²) < 4.78 is 26.2. The molecule has 1 aliphatic rings. The average molecular weight is 478 g/mol. The number of carbonyl (C=O) groups is 1. The van der Waals surface area contributed by atoms with Crippen molar-refractivity contribution in [3.05, 3.63) is 35.8 Å². The van der Waals surface area contributed by atoms with Crippen LogP contribution >= 0.6 is 0 Å². The number of benzene rings is 1. The maximum Gasteiger partial charge on any atom is 0.410 e. The zero-order valence-corrected chi connectivity index (χ0v) is 22.3. The van der Waals surface area contributed by atoms with Gasteiger partial charge in [0.05, 0.1) is 6.10 Å². The number of likely N-dealkylation sites (tertiary alicyclic amines) is 1. The number of fused-ring (bicyclic) bond motifs is 1. The number of aromatic amines is 1. The van der Waals surface area contributed by atoms with E-state index in [1.807, 2.05) is 27.0 Å². The van der Waals surface area contributed by atoms with Gasteiger partial charge in [-0.1, -0.05) is 20.8 Å². The van der Waals surface area contributed by atoms with Crippen LogP contribution in [0.4, 0.5) is 9.18 Å². The molecule has 1 amide bonds. The highest BCUT2D eigenvalue weighted by atomic mass is 28.4. The molecule has 0 radical (unpaired) electrons.